The number of carboxylic acids is 1. The zero-order valence-electron chi connectivity index (χ0n) is 26.1. The number of fused-ring (bicyclic) bond motifs is 1. The number of para-hydroxylation sites is 1. The lowest BCUT2D eigenvalue weighted by molar-refractivity contribution is -0.138. The van der Waals surface area contributed by atoms with Gasteiger partial charge in [0.25, 0.3) is 5.91 Å². The van der Waals surface area contributed by atoms with Gasteiger partial charge in [-0.1, -0.05) is 18.2 Å². The molecular weight excluding hydrogens is 752 g/mol. The Morgan fingerprint density at radius 3 is 2.38 bits per heavy atom. The van der Waals surface area contributed by atoms with Gasteiger partial charge in [-0.3, -0.25) is 14.5 Å². The highest BCUT2D eigenvalue weighted by Crippen LogP contribution is 2.34. The summed E-state index contributed by atoms with van der Waals surface area (Å²) in [5, 5.41) is 22.1. The third kappa shape index (κ3) is 9.33. The molecule has 0 unspecified atom stereocenters. The lowest BCUT2D eigenvalue weighted by Crippen LogP contribution is -2.50. The number of phenolic OH excluding ortho intramolecular Hbond substituents is 1. The number of aliphatic imine (C=N–C) groups is 2. The number of aliphatic carboxylic acids is 1. The molecule has 3 aliphatic heterocycles. The number of halogens is 2. The lowest BCUT2D eigenvalue weighted by atomic mass is 10.0. The number of aromatic hydroxyl groups is 1. The fraction of sp³-hybridized carbons (Fsp3) is 0.455. The second kappa shape index (κ2) is 16.4. The number of carboxylic acid groups (broad SMARTS) is 1. The van der Waals surface area contributed by atoms with Gasteiger partial charge in [0.05, 0.1) is 33.3 Å². The summed E-state index contributed by atoms with van der Waals surface area (Å²) in [6, 6.07) is 10.7. The quantitative estimate of drug-likeness (QED) is 0.330. The van der Waals surface area contributed by atoms with Gasteiger partial charge in [-0.2, -0.15) is 4.99 Å². The number of likely N-dealkylation sites (tertiary alicyclic amines) is 2. The van der Waals surface area contributed by atoms with E-state index in [9.17, 15) is 24.3 Å². The van der Waals surface area contributed by atoms with Crippen molar-refractivity contribution in [3.8, 4) is 5.75 Å². The highest BCUT2D eigenvalue weighted by Gasteiger charge is 2.33. The number of amides is 4. The molecule has 2 aromatic rings. The van der Waals surface area contributed by atoms with Gasteiger partial charge in [-0.25, -0.2) is 14.6 Å². The van der Waals surface area contributed by atoms with Gasteiger partial charge in [0.2, 0.25) is 0 Å². The van der Waals surface area contributed by atoms with Crippen LogP contribution in [0.25, 0.3) is 0 Å². The Labute approximate surface area is 294 Å². The maximum absolute atomic E-state index is 13.3. The van der Waals surface area contributed by atoms with Crippen LogP contribution in [0.15, 0.2) is 55.3 Å². The third-order valence-electron chi connectivity index (χ3n) is 8.70. The summed E-state index contributed by atoms with van der Waals surface area (Å²) in [7, 11) is 0. The summed E-state index contributed by atoms with van der Waals surface area (Å²) in [6.45, 7) is 2.43. The second-order valence-electron chi connectivity index (χ2n) is 11.9. The largest absolute Gasteiger partial charge is 0.506 e. The summed E-state index contributed by atoms with van der Waals surface area (Å²) in [4.78, 5) is 63.8. The highest BCUT2D eigenvalue weighted by atomic mass is 79.9. The second-order valence-corrected chi connectivity index (χ2v) is 13.6. The molecule has 254 valence electrons. The number of ether oxygens (including phenoxy) is 1. The normalized spacial score (nSPS) is 18.0. The standard InChI is InChI=1S/C33H36Br2N6O7/c34-25-17-21(18-26(35)30(25)44)19-28(31(45)37-11-10-36-23-6-12-39(13-7-23)20-29(42)43)48-33(47)40-14-8-24(9-15-40)41-16-5-22-3-1-2-4-27(22)38-32(41)46/h1-4,17-18,23-24,28,44H,5-9,12-16,19-20H2,(H,38,46)(H,42,43)/t28-/m1/s1. The fourth-order valence-corrected chi connectivity index (χ4v) is 7.38. The van der Waals surface area contributed by atoms with Crippen LogP contribution < -0.4 is 5.32 Å². The first kappa shape index (κ1) is 35.3. The van der Waals surface area contributed by atoms with E-state index in [1.54, 1.807) is 12.1 Å². The van der Waals surface area contributed by atoms with Crippen LogP contribution in [0.3, 0.4) is 0 Å². The first-order valence-electron chi connectivity index (χ1n) is 15.7. The number of rotatable bonds is 8. The maximum Gasteiger partial charge on any atom is 0.410 e. The molecule has 0 bridgehead atoms. The van der Waals surface area contributed by atoms with Crippen molar-refractivity contribution in [2.75, 3.05) is 44.6 Å². The minimum Gasteiger partial charge on any atom is -0.506 e. The van der Waals surface area contributed by atoms with Crippen molar-refractivity contribution in [3.05, 3.63) is 56.5 Å². The van der Waals surface area contributed by atoms with Gasteiger partial charge < -0.3 is 30.1 Å². The molecule has 0 aromatic heterocycles. The average molecular weight is 788 g/mol. The summed E-state index contributed by atoms with van der Waals surface area (Å²) in [5.74, 6) is 3.37. The Kier molecular flexibility index (Phi) is 12.1. The zero-order chi connectivity index (χ0) is 34.2. The average Bonchev–Trinajstić information content (AvgIpc) is 3.23. The number of piperidine rings is 2. The molecule has 1 atom stereocenters. The molecule has 48 heavy (non-hydrogen) atoms. The Bertz CT molecular complexity index is 1620. The van der Waals surface area contributed by atoms with E-state index in [0.29, 0.717) is 72.9 Å². The molecule has 0 spiro atoms. The van der Waals surface area contributed by atoms with Crippen LogP contribution in [0, 0.1) is 0 Å². The van der Waals surface area contributed by atoms with Crippen molar-refractivity contribution < 1.29 is 34.1 Å². The van der Waals surface area contributed by atoms with E-state index in [-0.39, 0.29) is 36.8 Å². The third-order valence-corrected chi connectivity index (χ3v) is 9.91. The number of anilines is 1. The number of nitrogens with one attached hydrogen (secondary N) is 1. The number of benzene rings is 2. The van der Waals surface area contributed by atoms with E-state index in [4.69, 9.17) is 9.84 Å². The molecule has 2 fully saturated rings. The fourth-order valence-electron chi connectivity index (χ4n) is 6.09. The van der Waals surface area contributed by atoms with E-state index < -0.39 is 24.1 Å². The van der Waals surface area contributed by atoms with E-state index in [1.807, 2.05) is 34.1 Å². The topological polar surface area (TPSA) is 164 Å². The Balaban J connectivity index is 1.21. The summed E-state index contributed by atoms with van der Waals surface area (Å²) in [6.07, 6.45) is 1.16. The number of carbonyl (C=O) groups is 4. The smallest absolute Gasteiger partial charge is 0.410 e. The summed E-state index contributed by atoms with van der Waals surface area (Å²) < 4.78 is 6.53. The Morgan fingerprint density at radius 1 is 1.00 bits per heavy atom. The van der Waals surface area contributed by atoms with Gasteiger partial charge in [0.15, 0.2) is 6.10 Å². The minimum atomic E-state index is -1.29. The van der Waals surface area contributed by atoms with E-state index >= 15 is 0 Å². The van der Waals surface area contributed by atoms with Crippen molar-refractivity contribution in [2.45, 2.75) is 56.7 Å². The number of nitrogens with zero attached hydrogens (tertiary/aromatic N) is 5. The Hall–Kier alpha value is -4.00. The van der Waals surface area contributed by atoms with E-state index in [0.717, 1.165) is 17.7 Å². The van der Waals surface area contributed by atoms with Crippen LogP contribution in [0.5, 0.6) is 5.75 Å². The molecule has 15 heteroatoms. The van der Waals surface area contributed by atoms with Crippen LogP contribution in [0.4, 0.5) is 15.3 Å². The van der Waals surface area contributed by atoms with Gasteiger partial charge in [-0.05, 0) is 93.3 Å². The molecule has 3 aliphatic rings. The minimum absolute atomic E-state index is 0.00516. The first-order valence-corrected chi connectivity index (χ1v) is 17.3. The molecule has 0 saturated carbocycles. The summed E-state index contributed by atoms with van der Waals surface area (Å²) >= 11 is 6.59. The van der Waals surface area contributed by atoms with Gasteiger partial charge in [-0.15, -0.1) is 0 Å². The van der Waals surface area contributed by atoms with E-state index in [2.05, 4.69) is 58.9 Å². The molecule has 2 saturated heterocycles. The summed E-state index contributed by atoms with van der Waals surface area (Å²) in [5.41, 5.74) is 2.50. The molecule has 2 aromatic carbocycles. The Morgan fingerprint density at radius 2 is 1.69 bits per heavy atom. The molecule has 13 nitrogen and oxygen atoms in total. The van der Waals surface area contributed by atoms with Crippen LogP contribution in [0.2, 0.25) is 0 Å². The number of phenols is 1. The number of hydrogen-bond donors (Lipinski definition) is 3. The molecule has 3 N–H and O–H groups in total. The molecule has 0 aliphatic carbocycles. The molecule has 5 rings (SSSR count). The van der Waals surface area contributed by atoms with Gasteiger partial charge in [0.1, 0.15) is 5.75 Å². The van der Waals surface area contributed by atoms with Crippen molar-refractivity contribution in [2.24, 2.45) is 9.98 Å². The SMILES string of the molecule is O=C(O)CN1CCC(N=C=C=NC(=O)[C@@H](Cc2cc(Br)c(O)c(Br)c2)OC(=O)N2CCC(N3CCc4ccccc4NC3=O)CC2)CC1. The highest BCUT2D eigenvalue weighted by molar-refractivity contribution is 9.11. The number of urea groups is 1. The molecule has 0 radical (unpaired) electrons. The lowest BCUT2D eigenvalue weighted by Gasteiger charge is -2.37. The molecule has 3 heterocycles. The van der Waals surface area contributed by atoms with Crippen LogP contribution in [0.1, 0.15) is 36.8 Å². The monoisotopic (exact) mass is 786 g/mol. The number of carbonyl (C=O) groups excluding carboxylic acids is 3. The van der Waals surface area contributed by atoms with Gasteiger partial charge in [0, 0.05) is 50.9 Å². The van der Waals surface area contributed by atoms with E-state index in [1.165, 1.54) is 4.90 Å². The van der Waals surface area contributed by atoms with Crippen LogP contribution in [-0.4, -0.2) is 118 Å². The van der Waals surface area contributed by atoms with Crippen molar-refractivity contribution >= 4 is 73.3 Å². The molecule has 4 amide bonds. The van der Waals surface area contributed by atoms with Crippen LogP contribution in [-0.2, 0) is 27.2 Å². The molecular formula is C33H36Br2N6O7. The van der Waals surface area contributed by atoms with Crippen LogP contribution >= 0.6 is 31.9 Å². The van der Waals surface area contributed by atoms with Crippen molar-refractivity contribution in [1.82, 2.24) is 14.7 Å². The predicted octanol–water partition coefficient (Wildman–Crippen LogP) is 4.49. The zero-order valence-corrected chi connectivity index (χ0v) is 29.3. The number of hydrogen-bond acceptors (Lipinski definition) is 8. The first-order chi connectivity index (χ1) is 23.1. The predicted molar refractivity (Wildman–Crippen MR) is 185 cm³/mol. The van der Waals surface area contributed by atoms with Gasteiger partial charge >= 0.3 is 18.1 Å². The van der Waals surface area contributed by atoms with Crippen molar-refractivity contribution in [1.29, 1.82) is 0 Å². The maximum atomic E-state index is 13.3. The van der Waals surface area contributed by atoms with Crippen molar-refractivity contribution in [3.63, 3.8) is 0 Å².